The number of hydrogen-bond acceptors (Lipinski definition) is 3. The molecule has 0 aromatic heterocycles. The second-order valence-corrected chi connectivity index (χ2v) is 7.75. The quantitative estimate of drug-likeness (QED) is 0.617. The predicted molar refractivity (Wildman–Crippen MR) is 99.1 cm³/mol. The smallest absolute Gasteiger partial charge is 0.126 e. The van der Waals surface area contributed by atoms with Gasteiger partial charge in [-0.3, -0.25) is 0 Å². The van der Waals surface area contributed by atoms with Gasteiger partial charge >= 0.3 is 0 Å². The van der Waals surface area contributed by atoms with Crippen molar-refractivity contribution in [3.63, 3.8) is 0 Å². The van der Waals surface area contributed by atoms with Crippen molar-refractivity contribution in [2.24, 2.45) is 5.92 Å². The van der Waals surface area contributed by atoms with Crippen molar-refractivity contribution in [2.45, 2.75) is 59.0 Å². The Morgan fingerprint density at radius 3 is 2.75 bits per heavy atom. The molecule has 0 saturated heterocycles. The van der Waals surface area contributed by atoms with Gasteiger partial charge in [-0.15, -0.1) is 0 Å². The molecule has 24 heavy (non-hydrogen) atoms. The Hall–Kier alpha value is -1.48. The number of ether oxygens (including phenoxy) is 3. The molecule has 1 heterocycles. The molecule has 0 N–H and O–H groups in total. The first-order valence-electron chi connectivity index (χ1n) is 8.92. The normalized spacial score (nSPS) is 17.5. The first kappa shape index (κ1) is 18.9. The maximum atomic E-state index is 5.86. The fourth-order valence-corrected chi connectivity index (χ4v) is 3.08. The summed E-state index contributed by atoms with van der Waals surface area (Å²) in [4.78, 5) is 0. The zero-order valence-electron chi connectivity index (χ0n) is 16.0. The third kappa shape index (κ3) is 4.76. The predicted octanol–water partition coefficient (Wildman–Crippen LogP) is 5.13. The first-order valence-corrected chi connectivity index (χ1v) is 8.92. The highest BCUT2D eigenvalue weighted by molar-refractivity contribution is 5.47. The average molecular weight is 332 g/mol. The lowest BCUT2D eigenvalue weighted by atomic mass is 9.87. The van der Waals surface area contributed by atoms with Crippen LogP contribution in [0.3, 0.4) is 0 Å². The van der Waals surface area contributed by atoms with Crippen LogP contribution in [0.15, 0.2) is 29.8 Å². The summed E-state index contributed by atoms with van der Waals surface area (Å²) in [6, 6.07) is 6.17. The zero-order valence-corrected chi connectivity index (χ0v) is 16.0. The molecular formula is C21H32O3. The van der Waals surface area contributed by atoms with E-state index in [2.05, 4.69) is 46.8 Å². The summed E-state index contributed by atoms with van der Waals surface area (Å²) in [5, 5.41) is 0. The molecule has 1 atom stereocenters. The van der Waals surface area contributed by atoms with Gasteiger partial charge in [0.25, 0.3) is 0 Å². The third-order valence-corrected chi connectivity index (χ3v) is 4.82. The number of methoxy groups -OCH3 is 1. The highest BCUT2D eigenvalue weighted by atomic mass is 16.5. The van der Waals surface area contributed by atoms with Crippen LogP contribution in [0.4, 0.5) is 0 Å². The summed E-state index contributed by atoms with van der Waals surface area (Å²) < 4.78 is 17.2. The van der Waals surface area contributed by atoms with E-state index in [9.17, 15) is 0 Å². The van der Waals surface area contributed by atoms with E-state index in [0.29, 0.717) is 18.6 Å². The van der Waals surface area contributed by atoms with Crippen LogP contribution in [-0.2, 0) is 10.2 Å². The molecule has 0 aliphatic carbocycles. The van der Waals surface area contributed by atoms with Crippen molar-refractivity contribution in [2.75, 3.05) is 20.3 Å². The van der Waals surface area contributed by atoms with Gasteiger partial charge in [0.2, 0.25) is 0 Å². The minimum atomic E-state index is 0.0959. The molecule has 1 aromatic carbocycles. The van der Waals surface area contributed by atoms with Crippen molar-refractivity contribution in [1.29, 1.82) is 0 Å². The van der Waals surface area contributed by atoms with E-state index in [1.54, 1.807) is 7.11 Å². The van der Waals surface area contributed by atoms with Crippen molar-refractivity contribution in [1.82, 2.24) is 0 Å². The molecule has 0 bridgehead atoms. The molecule has 3 nitrogen and oxygen atoms in total. The summed E-state index contributed by atoms with van der Waals surface area (Å²) in [6.07, 6.45) is 4.58. The van der Waals surface area contributed by atoms with Crippen molar-refractivity contribution >= 4 is 0 Å². The van der Waals surface area contributed by atoms with Crippen molar-refractivity contribution in [3.05, 3.63) is 35.4 Å². The van der Waals surface area contributed by atoms with Crippen LogP contribution >= 0.6 is 0 Å². The largest absolute Gasteiger partial charge is 0.492 e. The first-order chi connectivity index (χ1) is 11.3. The van der Waals surface area contributed by atoms with Crippen LogP contribution < -0.4 is 9.47 Å². The van der Waals surface area contributed by atoms with Gasteiger partial charge in [0.05, 0.1) is 12.7 Å². The van der Waals surface area contributed by atoms with Gasteiger partial charge in [-0.05, 0) is 37.8 Å². The maximum absolute atomic E-state index is 5.86. The second kappa shape index (κ2) is 8.06. The minimum absolute atomic E-state index is 0.0959. The van der Waals surface area contributed by atoms with Gasteiger partial charge in [0.1, 0.15) is 18.1 Å². The Balaban J connectivity index is 1.83. The van der Waals surface area contributed by atoms with Gasteiger partial charge in [-0.2, -0.15) is 0 Å². The highest BCUT2D eigenvalue weighted by Crippen LogP contribution is 2.40. The van der Waals surface area contributed by atoms with Crippen LogP contribution in [0.1, 0.15) is 53.0 Å². The van der Waals surface area contributed by atoms with E-state index in [-0.39, 0.29) is 5.41 Å². The molecule has 3 heteroatoms. The Morgan fingerprint density at radius 2 is 2.08 bits per heavy atom. The van der Waals surface area contributed by atoms with Gasteiger partial charge in [-0.25, -0.2) is 0 Å². The molecule has 1 unspecified atom stereocenters. The lowest BCUT2D eigenvalue weighted by Crippen LogP contribution is -2.18. The molecule has 0 radical (unpaired) electrons. The number of hydrogen-bond donors (Lipinski definition) is 0. The van der Waals surface area contributed by atoms with Crippen LogP contribution in [0, 0.1) is 5.92 Å². The van der Waals surface area contributed by atoms with Crippen molar-refractivity contribution < 1.29 is 14.2 Å². The fraction of sp³-hybridized carbons (Fsp3) is 0.619. The van der Waals surface area contributed by atoms with E-state index in [0.717, 1.165) is 30.9 Å². The molecule has 1 aliphatic rings. The Kier molecular flexibility index (Phi) is 6.34. The number of allylic oxidation sites excluding steroid dienone is 1. The SMILES string of the molecule is COC(CC/C(C)=C/COc1ccc2c(c1)OCC2(C)C)C(C)C. The molecule has 134 valence electrons. The summed E-state index contributed by atoms with van der Waals surface area (Å²) in [5.41, 5.74) is 2.70. The van der Waals surface area contributed by atoms with Gasteiger partial charge in [-0.1, -0.05) is 39.3 Å². The maximum Gasteiger partial charge on any atom is 0.126 e. The summed E-state index contributed by atoms with van der Waals surface area (Å²) >= 11 is 0. The summed E-state index contributed by atoms with van der Waals surface area (Å²) in [7, 11) is 1.80. The van der Waals surface area contributed by atoms with E-state index in [4.69, 9.17) is 14.2 Å². The summed E-state index contributed by atoms with van der Waals surface area (Å²) in [6.45, 7) is 12.3. The fourth-order valence-electron chi connectivity index (χ4n) is 3.08. The van der Waals surface area contributed by atoms with Crippen LogP contribution in [0.5, 0.6) is 11.5 Å². The standard InChI is InChI=1S/C21H32O3/c1-15(2)19(22-6)10-7-16(3)11-12-23-17-8-9-18-20(13-17)24-14-21(18,4)5/h8-9,11,13,15,19H,7,10,12,14H2,1-6H3/b16-11+. The average Bonchev–Trinajstić information content (AvgIpc) is 2.82. The van der Waals surface area contributed by atoms with Gasteiger partial charge < -0.3 is 14.2 Å². The zero-order chi connectivity index (χ0) is 17.7. The Morgan fingerprint density at radius 1 is 1.33 bits per heavy atom. The van der Waals surface area contributed by atoms with Crippen LogP contribution in [-0.4, -0.2) is 26.4 Å². The van der Waals surface area contributed by atoms with Gasteiger partial charge in [0.15, 0.2) is 0 Å². The van der Waals surface area contributed by atoms with Gasteiger partial charge in [0, 0.05) is 24.2 Å². The minimum Gasteiger partial charge on any atom is -0.492 e. The van der Waals surface area contributed by atoms with E-state index in [1.165, 1.54) is 11.1 Å². The molecular weight excluding hydrogens is 300 g/mol. The van der Waals surface area contributed by atoms with E-state index in [1.807, 2.05) is 12.1 Å². The van der Waals surface area contributed by atoms with E-state index >= 15 is 0 Å². The second-order valence-electron chi connectivity index (χ2n) is 7.75. The van der Waals surface area contributed by atoms with Crippen molar-refractivity contribution in [3.8, 4) is 11.5 Å². The lowest BCUT2D eigenvalue weighted by molar-refractivity contribution is 0.0584. The Labute approximate surface area is 147 Å². The summed E-state index contributed by atoms with van der Waals surface area (Å²) in [5.74, 6) is 2.38. The molecule has 1 aromatic rings. The third-order valence-electron chi connectivity index (χ3n) is 4.82. The van der Waals surface area contributed by atoms with E-state index < -0.39 is 0 Å². The molecule has 0 saturated carbocycles. The number of benzene rings is 1. The number of fused-ring (bicyclic) bond motifs is 1. The molecule has 2 rings (SSSR count). The van der Waals surface area contributed by atoms with Crippen LogP contribution in [0.2, 0.25) is 0 Å². The lowest BCUT2D eigenvalue weighted by Gasteiger charge is -2.19. The number of rotatable bonds is 8. The monoisotopic (exact) mass is 332 g/mol. The molecule has 1 aliphatic heterocycles. The van der Waals surface area contributed by atoms with Crippen LogP contribution in [0.25, 0.3) is 0 Å². The Bertz CT molecular complexity index is 572. The topological polar surface area (TPSA) is 27.7 Å². The highest BCUT2D eigenvalue weighted by Gasteiger charge is 2.31. The molecule has 0 fully saturated rings. The molecule has 0 amide bonds. The molecule has 0 spiro atoms.